The monoisotopic (exact) mass is 443 g/mol. The molecule has 0 radical (unpaired) electrons. The largest absolute Gasteiger partial charge is 0.351 e. The van der Waals surface area contributed by atoms with Gasteiger partial charge in [0.05, 0.1) is 0 Å². The minimum absolute atomic E-state index is 0.128. The van der Waals surface area contributed by atoms with Gasteiger partial charge in [0.2, 0.25) is 22.1 Å². The average molecular weight is 444 g/mol. The van der Waals surface area contributed by atoms with Crippen molar-refractivity contribution in [3.05, 3.63) is 0 Å². The summed E-state index contributed by atoms with van der Waals surface area (Å²) in [6.45, 7) is 3.80. The number of amides is 2. The van der Waals surface area contributed by atoms with Crippen molar-refractivity contribution in [2.24, 2.45) is 23.2 Å². The van der Waals surface area contributed by atoms with E-state index in [1.165, 1.54) is 49.9 Å². The van der Waals surface area contributed by atoms with Crippen molar-refractivity contribution in [3.8, 4) is 0 Å². The lowest BCUT2D eigenvalue weighted by molar-refractivity contribution is -0.127. The highest BCUT2D eigenvalue weighted by Crippen LogP contribution is 2.61. The maximum Gasteiger partial charge on any atom is 0.243 e. The van der Waals surface area contributed by atoms with Crippen LogP contribution in [0.1, 0.15) is 71.1 Å². The lowest BCUT2D eigenvalue weighted by Crippen LogP contribution is -2.57. The van der Waals surface area contributed by atoms with Gasteiger partial charge in [0.15, 0.2) is 0 Å². The molecule has 2 amide bonds. The summed E-state index contributed by atoms with van der Waals surface area (Å²) in [5.41, 5.74) is 0.319. The van der Waals surface area contributed by atoms with E-state index in [4.69, 9.17) is 0 Å². The fourth-order valence-electron chi connectivity index (χ4n) is 7.72. The second-order valence-corrected chi connectivity index (χ2v) is 11.8. The van der Waals surface area contributed by atoms with Gasteiger partial charge in [-0.3, -0.25) is 14.5 Å². The highest BCUT2D eigenvalue weighted by atomic mass is 32.1. The van der Waals surface area contributed by atoms with Gasteiger partial charge >= 0.3 is 0 Å². The van der Waals surface area contributed by atoms with E-state index in [1.54, 1.807) is 4.90 Å². The van der Waals surface area contributed by atoms with Gasteiger partial charge in [-0.25, -0.2) is 0 Å². The topological polar surface area (TPSA) is 78.4 Å². The smallest absolute Gasteiger partial charge is 0.243 e. The van der Waals surface area contributed by atoms with E-state index in [1.807, 2.05) is 0 Å². The van der Waals surface area contributed by atoms with Crippen molar-refractivity contribution in [1.29, 1.82) is 0 Å². The Bertz CT molecular complexity index is 850. The van der Waals surface area contributed by atoms with Gasteiger partial charge in [0, 0.05) is 25.6 Å². The van der Waals surface area contributed by atoms with Crippen LogP contribution in [-0.2, 0) is 9.59 Å². The molecule has 1 aromatic rings. The number of nitrogens with one attached hydrogen (secondary N) is 1. The number of carbonyl (C=O) groups excluding carboxylic acids is 2. The molecule has 31 heavy (non-hydrogen) atoms. The van der Waals surface area contributed by atoms with Crippen LogP contribution in [0, 0.1) is 23.2 Å². The first-order valence-electron chi connectivity index (χ1n) is 12.2. The molecule has 168 valence electrons. The van der Waals surface area contributed by atoms with Gasteiger partial charge in [0.25, 0.3) is 0 Å². The second kappa shape index (κ2) is 7.42. The molecule has 4 aliphatic carbocycles. The summed E-state index contributed by atoms with van der Waals surface area (Å²) in [5.74, 6) is 2.95. The summed E-state index contributed by atoms with van der Waals surface area (Å²) in [4.78, 5) is 29.3. The highest BCUT2D eigenvalue weighted by molar-refractivity contribution is 7.19. The fourth-order valence-corrected chi connectivity index (χ4v) is 8.69. The maximum atomic E-state index is 13.4. The van der Waals surface area contributed by atoms with Gasteiger partial charge in [-0.1, -0.05) is 11.3 Å². The Labute approximate surface area is 188 Å². The summed E-state index contributed by atoms with van der Waals surface area (Å²) in [6.07, 6.45) is 11.5. The number of nitrogens with zero attached hydrogens (tertiary/aromatic N) is 4. The van der Waals surface area contributed by atoms with Gasteiger partial charge in [-0.15, -0.1) is 10.2 Å². The molecule has 3 heterocycles. The second-order valence-electron chi connectivity index (χ2n) is 10.9. The van der Waals surface area contributed by atoms with E-state index < -0.39 is 0 Å². The molecule has 0 spiro atoms. The van der Waals surface area contributed by atoms with Crippen LogP contribution in [-0.4, -0.2) is 47.2 Å². The van der Waals surface area contributed by atoms with Gasteiger partial charge in [-0.05, 0) is 87.9 Å². The quantitative estimate of drug-likeness (QED) is 0.755. The van der Waals surface area contributed by atoms with Crippen LogP contribution in [0.25, 0.3) is 0 Å². The molecule has 2 aliphatic heterocycles. The molecule has 2 atom stereocenters. The van der Waals surface area contributed by atoms with Gasteiger partial charge in [-0.2, -0.15) is 0 Å². The number of carbonyl (C=O) groups is 2. The Hall–Kier alpha value is -1.70. The minimum Gasteiger partial charge on any atom is -0.351 e. The van der Waals surface area contributed by atoms with Crippen LogP contribution in [0.15, 0.2) is 0 Å². The molecular weight excluding hydrogens is 410 g/mol. The Kier molecular flexibility index (Phi) is 4.78. The molecule has 7 rings (SSSR count). The zero-order valence-electron chi connectivity index (χ0n) is 18.4. The molecule has 0 aromatic carbocycles. The third-order valence-electron chi connectivity index (χ3n) is 8.87. The van der Waals surface area contributed by atoms with Crippen LogP contribution in [0.5, 0.6) is 0 Å². The maximum absolute atomic E-state index is 13.4. The zero-order valence-corrected chi connectivity index (χ0v) is 19.2. The molecule has 6 fully saturated rings. The Morgan fingerprint density at radius 3 is 2.39 bits per heavy atom. The lowest BCUT2D eigenvalue weighted by Gasteiger charge is -2.59. The van der Waals surface area contributed by atoms with Gasteiger partial charge in [0.1, 0.15) is 6.04 Å². The Morgan fingerprint density at radius 2 is 1.74 bits per heavy atom. The van der Waals surface area contributed by atoms with Crippen LogP contribution < -0.4 is 15.1 Å². The predicted octanol–water partition coefficient (Wildman–Crippen LogP) is 3.35. The molecule has 4 bridgehead atoms. The number of aromatic nitrogens is 2. The van der Waals surface area contributed by atoms with Crippen molar-refractivity contribution in [2.75, 3.05) is 22.9 Å². The third kappa shape index (κ3) is 3.36. The minimum atomic E-state index is -0.175. The van der Waals surface area contributed by atoms with E-state index in [0.717, 1.165) is 55.2 Å². The van der Waals surface area contributed by atoms with E-state index in [-0.39, 0.29) is 23.9 Å². The predicted molar refractivity (Wildman–Crippen MR) is 120 cm³/mol. The van der Waals surface area contributed by atoms with E-state index in [0.29, 0.717) is 17.0 Å². The molecule has 4 saturated carbocycles. The van der Waals surface area contributed by atoms with Crippen LogP contribution in [0.3, 0.4) is 0 Å². The molecule has 7 nitrogen and oxygen atoms in total. The van der Waals surface area contributed by atoms with Crippen LogP contribution in [0.4, 0.5) is 10.3 Å². The molecule has 1 N–H and O–H groups in total. The highest BCUT2D eigenvalue weighted by Gasteiger charge is 2.53. The van der Waals surface area contributed by atoms with Gasteiger partial charge < -0.3 is 10.2 Å². The number of anilines is 2. The summed E-state index contributed by atoms with van der Waals surface area (Å²) in [6, 6.07) is 0.0643. The first-order chi connectivity index (χ1) is 15.0. The molecule has 8 heteroatoms. The first-order valence-corrected chi connectivity index (χ1v) is 13.0. The van der Waals surface area contributed by atoms with Crippen molar-refractivity contribution in [3.63, 3.8) is 0 Å². The summed E-state index contributed by atoms with van der Waals surface area (Å²) in [5, 5.41) is 13.5. The van der Waals surface area contributed by atoms with E-state index >= 15 is 0 Å². The molecular formula is C23H33N5O2S. The molecule has 2 saturated heterocycles. The number of hydrogen-bond acceptors (Lipinski definition) is 6. The van der Waals surface area contributed by atoms with E-state index in [2.05, 4.69) is 27.3 Å². The van der Waals surface area contributed by atoms with Crippen molar-refractivity contribution in [1.82, 2.24) is 15.5 Å². The van der Waals surface area contributed by atoms with Crippen LogP contribution in [0.2, 0.25) is 0 Å². The number of hydrogen-bond donors (Lipinski definition) is 1. The number of rotatable bonds is 5. The molecule has 0 unspecified atom stereocenters. The average Bonchev–Trinajstić information content (AvgIpc) is 3.46. The van der Waals surface area contributed by atoms with Crippen molar-refractivity contribution >= 4 is 33.4 Å². The van der Waals surface area contributed by atoms with Crippen LogP contribution >= 0.6 is 11.3 Å². The fraction of sp³-hybridized carbons (Fsp3) is 0.826. The lowest BCUT2D eigenvalue weighted by atomic mass is 9.48. The van der Waals surface area contributed by atoms with Crippen molar-refractivity contribution in [2.45, 2.75) is 83.2 Å². The normalized spacial score (nSPS) is 37.6. The standard InChI is InChI=1S/C23H33N5O2S/c1-14(23-11-15-8-16(12-23)10-17(9-15)13-23)24-20(30)18-4-2-6-27(18)21-25-26-22(31-21)28-7-3-5-19(28)29/h14-18H,2-13H2,1H3,(H,24,30)/t14-,15?,16?,17?,18+,23?/m1/s1. The SMILES string of the molecule is C[C@@H](NC(=O)[C@@H]1CCCN1c1nnc(N2CCCC2=O)s1)C12CC3CC(CC(C3)C1)C2. The molecule has 6 aliphatic rings. The summed E-state index contributed by atoms with van der Waals surface area (Å²) in [7, 11) is 0. The first kappa shape index (κ1) is 19.9. The van der Waals surface area contributed by atoms with Crippen molar-refractivity contribution < 1.29 is 9.59 Å². The Balaban J connectivity index is 1.15. The summed E-state index contributed by atoms with van der Waals surface area (Å²) < 4.78 is 0. The summed E-state index contributed by atoms with van der Waals surface area (Å²) >= 11 is 1.45. The van der Waals surface area contributed by atoms with E-state index in [9.17, 15) is 9.59 Å². The third-order valence-corrected chi connectivity index (χ3v) is 9.86. The zero-order chi connectivity index (χ0) is 21.2. The Morgan fingerprint density at radius 1 is 1.06 bits per heavy atom. The molecule has 1 aromatic heterocycles.